The lowest BCUT2D eigenvalue weighted by atomic mass is 10.2. The Kier molecular flexibility index (Phi) is 3.73. The predicted octanol–water partition coefficient (Wildman–Crippen LogP) is 3.51. The molecular formula is C17H15N5S. The lowest BCUT2D eigenvalue weighted by Crippen LogP contribution is -2.05. The number of imidazole rings is 1. The van der Waals surface area contributed by atoms with Crippen LogP contribution in [0.25, 0.3) is 16.2 Å². The van der Waals surface area contributed by atoms with Crippen LogP contribution in [0.4, 0.5) is 5.13 Å². The van der Waals surface area contributed by atoms with Crippen molar-refractivity contribution in [2.75, 3.05) is 11.9 Å². The standard InChI is InChI=1S/C17H15N5S/c1-2-4-14(5-3-1)15-12-20-17-22(15)21-16(23-17)19-11-8-13-6-9-18-10-7-13/h1-7,9-10,12H,8,11H2,(H,19,21). The van der Waals surface area contributed by atoms with Gasteiger partial charge in [-0.2, -0.15) is 0 Å². The summed E-state index contributed by atoms with van der Waals surface area (Å²) in [7, 11) is 0. The van der Waals surface area contributed by atoms with E-state index in [2.05, 4.69) is 32.5 Å². The van der Waals surface area contributed by atoms with E-state index in [-0.39, 0.29) is 0 Å². The quantitative estimate of drug-likeness (QED) is 0.611. The van der Waals surface area contributed by atoms with Gasteiger partial charge in [0, 0.05) is 24.5 Å². The van der Waals surface area contributed by atoms with Crippen molar-refractivity contribution in [1.29, 1.82) is 0 Å². The molecule has 4 rings (SSSR count). The predicted molar refractivity (Wildman–Crippen MR) is 92.7 cm³/mol. The third-order valence-electron chi connectivity index (χ3n) is 3.59. The van der Waals surface area contributed by atoms with Crippen LogP contribution in [0.5, 0.6) is 0 Å². The fourth-order valence-corrected chi connectivity index (χ4v) is 3.23. The average Bonchev–Trinajstić information content (AvgIpc) is 3.17. The Morgan fingerprint density at radius 2 is 1.87 bits per heavy atom. The fraction of sp³-hybridized carbons (Fsp3) is 0.118. The number of benzene rings is 1. The molecular weight excluding hydrogens is 306 g/mol. The second kappa shape index (κ2) is 6.18. The molecule has 4 aromatic rings. The van der Waals surface area contributed by atoms with Gasteiger partial charge in [-0.15, -0.1) is 5.10 Å². The summed E-state index contributed by atoms with van der Waals surface area (Å²) in [5.74, 6) is 0. The zero-order valence-electron chi connectivity index (χ0n) is 12.4. The van der Waals surface area contributed by atoms with Crippen molar-refractivity contribution in [3.8, 4) is 11.3 Å². The minimum absolute atomic E-state index is 0.835. The summed E-state index contributed by atoms with van der Waals surface area (Å²) in [5, 5.41) is 8.89. The zero-order valence-corrected chi connectivity index (χ0v) is 13.2. The molecule has 0 aliphatic carbocycles. The molecule has 0 amide bonds. The van der Waals surface area contributed by atoms with Crippen molar-refractivity contribution in [2.24, 2.45) is 0 Å². The van der Waals surface area contributed by atoms with E-state index >= 15 is 0 Å². The Bertz CT molecular complexity index is 899. The molecule has 3 aromatic heterocycles. The first kappa shape index (κ1) is 13.9. The van der Waals surface area contributed by atoms with Crippen LogP contribution in [0.15, 0.2) is 61.1 Å². The zero-order chi connectivity index (χ0) is 15.5. The Labute approximate surface area is 137 Å². The molecule has 5 nitrogen and oxygen atoms in total. The van der Waals surface area contributed by atoms with Crippen molar-refractivity contribution in [2.45, 2.75) is 6.42 Å². The number of anilines is 1. The number of hydrogen-bond donors (Lipinski definition) is 1. The van der Waals surface area contributed by atoms with Gasteiger partial charge in [-0.3, -0.25) is 4.98 Å². The number of hydrogen-bond acceptors (Lipinski definition) is 5. The fourth-order valence-electron chi connectivity index (χ4n) is 2.43. The molecule has 0 unspecified atom stereocenters. The van der Waals surface area contributed by atoms with Crippen molar-refractivity contribution in [3.63, 3.8) is 0 Å². The number of rotatable bonds is 5. The van der Waals surface area contributed by atoms with Gasteiger partial charge in [0.15, 0.2) is 0 Å². The molecule has 6 heteroatoms. The first-order chi connectivity index (χ1) is 11.4. The summed E-state index contributed by atoms with van der Waals surface area (Å²) in [5.41, 5.74) is 3.39. The third kappa shape index (κ3) is 2.93. The molecule has 0 aliphatic rings. The van der Waals surface area contributed by atoms with Crippen molar-refractivity contribution >= 4 is 21.4 Å². The van der Waals surface area contributed by atoms with Crippen molar-refractivity contribution < 1.29 is 0 Å². The van der Waals surface area contributed by atoms with Crippen molar-refractivity contribution in [3.05, 3.63) is 66.6 Å². The van der Waals surface area contributed by atoms with Crippen LogP contribution in [-0.4, -0.2) is 26.1 Å². The highest BCUT2D eigenvalue weighted by molar-refractivity contribution is 7.20. The Balaban J connectivity index is 1.50. The molecule has 3 heterocycles. The molecule has 0 saturated carbocycles. The molecule has 1 N–H and O–H groups in total. The molecule has 23 heavy (non-hydrogen) atoms. The van der Waals surface area contributed by atoms with E-state index in [0.29, 0.717) is 0 Å². The summed E-state index contributed by atoms with van der Waals surface area (Å²) in [4.78, 5) is 9.38. The summed E-state index contributed by atoms with van der Waals surface area (Å²) in [6.07, 6.45) is 6.45. The van der Waals surface area contributed by atoms with Crippen LogP contribution in [0.2, 0.25) is 0 Å². The number of fused-ring (bicyclic) bond motifs is 1. The van der Waals surface area contributed by atoms with Crippen molar-refractivity contribution in [1.82, 2.24) is 19.6 Å². The molecule has 0 atom stereocenters. The van der Waals surface area contributed by atoms with E-state index in [4.69, 9.17) is 0 Å². The van der Waals surface area contributed by atoms with Crippen LogP contribution in [0, 0.1) is 0 Å². The maximum Gasteiger partial charge on any atom is 0.214 e. The highest BCUT2D eigenvalue weighted by atomic mass is 32.1. The summed E-state index contributed by atoms with van der Waals surface area (Å²) < 4.78 is 1.90. The summed E-state index contributed by atoms with van der Waals surface area (Å²) in [6, 6.07) is 14.3. The lowest BCUT2D eigenvalue weighted by molar-refractivity contribution is 0.951. The highest BCUT2D eigenvalue weighted by Gasteiger charge is 2.10. The minimum Gasteiger partial charge on any atom is -0.360 e. The van der Waals surface area contributed by atoms with E-state index in [0.717, 1.165) is 34.3 Å². The van der Waals surface area contributed by atoms with Gasteiger partial charge < -0.3 is 5.32 Å². The van der Waals surface area contributed by atoms with Crippen LogP contribution >= 0.6 is 11.3 Å². The number of nitrogens with zero attached hydrogens (tertiary/aromatic N) is 4. The topological polar surface area (TPSA) is 55.1 Å². The molecule has 0 aliphatic heterocycles. The molecule has 0 spiro atoms. The maximum absolute atomic E-state index is 4.63. The second-order valence-corrected chi connectivity index (χ2v) is 6.10. The first-order valence-electron chi connectivity index (χ1n) is 7.43. The molecule has 114 valence electrons. The van der Waals surface area contributed by atoms with E-state index in [9.17, 15) is 0 Å². The average molecular weight is 321 g/mol. The van der Waals surface area contributed by atoms with Gasteiger partial charge in [0.1, 0.15) is 0 Å². The monoisotopic (exact) mass is 321 g/mol. The molecule has 0 saturated heterocycles. The highest BCUT2D eigenvalue weighted by Crippen LogP contribution is 2.25. The Hall–Kier alpha value is -2.73. The van der Waals surface area contributed by atoms with Crippen LogP contribution in [0.1, 0.15) is 5.56 Å². The SMILES string of the molecule is c1ccc(-c2cnc3sc(NCCc4ccncc4)nn23)cc1. The normalized spacial score (nSPS) is 11.0. The van der Waals surface area contributed by atoms with E-state index < -0.39 is 0 Å². The summed E-state index contributed by atoms with van der Waals surface area (Å²) >= 11 is 1.57. The second-order valence-electron chi connectivity index (χ2n) is 5.14. The third-order valence-corrected chi connectivity index (χ3v) is 4.47. The smallest absolute Gasteiger partial charge is 0.214 e. The number of pyridine rings is 1. The van der Waals surface area contributed by atoms with Gasteiger partial charge in [-0.1, -0.05) is 41.7 Å². The summed E-state index contributed by atoms with van der Waals surface area (Å²) in [6.45, 7) is 0.835. The Morgan fingerprint density at radius 1 is 1.04 bits per heavy atom. The molecule has 0 radical (unpaired) electrons. The van der Waals surface area contributed by atoms with Crippen LogP contribution in [-0.2, 0) is 6.42 Å². The van der Waals surface area contributed by atoms with Gasteiger partial charge >= 0.3 is 0 Å². The molecule has 0 bridgehead atoms. The van der Waals surface area contributed by atoms with Gasteiger partial charge in [0.2, 0.25) is 10.1 Å². The van der Waals surface area contributed by atoms with E-state index in [1.165, 1.54) is 5.56 Å². The minimum atomic E-state index is 0.835. The number of nitrogens with one attached hydrogen (secondary N) is 1. The maximum atomic E-state index is 4.63. The van der Waals surface area contributed by atoms with Gasteiger partial charge in [-0.05, 0) is 24.1 Å². The van der Waals surface area contributed by atoms with Gasteiger partial charge in [0.05, 0.1) is 11.9 Å². The molecule has 0 fully saturated rings. The lowest BCUT2D eigenvalue weighted by Gasteiger charge is -2.02. The van der Waals surface area contributed by atoms with E-state index in [1.807, 2.05) is 53.4 Å². The van der Waals surface area contributed by atoms with E-state index in [1.54, 1.807) is 11.3 Å². The van der Waals surface area contributed by atoms with Gasteiger partial charge in [-0.25, -0.2) is 9.50 Å². The number of aromatic nitrogens is 4. The molecule has 1 aromatic carbocycles. The Morgan fingerprint density at radius 3 is 2.70 bits per heavy atom. The largest absolute Gasteiger partial charge is 0.360 e. The first-order valence-corrected chi connectivity index (χ1v) is 8.24. The van der Waals surface area contributed by atoms with Crippen LogP contribution in [0.3, 0.4) is 0 Å². The van der Waals surface area contributed by atoms with Gasteiger partial charge in [0.25, 0.3) is 0 Å². The van der Waals surface area contributed by atoms with Crippen LogP contribution < -0.4 is 5.32 Å².